The van der Waals surface area contributed by atoms with Gasteiger partial charge in [-0.25, -0.2) is 0 Å². The third kappa shape index (κ3) is 4.27. The quantitative estimate of drug-likeness (QED) is 0.797. The van der Waals surface area contributed by atoms with Crippen molar-refractivity contribution in [1.82, 2.24) is 14.8 Å². The van der Waals surface area contributed by atoms with Crippen molar-refractivity contribution >= 4 is 17.7 Å². The first-order valence-electron chi connectivity index (χ1n) is 8.68. The Bertz CT molecular complexity index is 705. The van der Waals surface area contributed by atoms with Gasteiger partial charge in [0.05, 0.1) is 18.4 Å². The Hall–Kier alpha value is -1.73. The number of para-hydroxylation sites is 2. The summed E-state index contributed by atoms with van der Waals surface area (Å²) >= 11 is 1.51. The van der Waals surface area contributed by atoms with Crippen LogP contribution in [0.15, 0.2) is 29.4 Å². The Morgan fingerprint density at radius 3 is 2.56 bits per heavy atom. The molecule has 3 rings (SSSR count). The van der Waals surface area contributed by atoms with Gasteiger partial charge in [-0.1, -0.05) is 23.9 Å². The van der Waals surface area contributed by atoms with Crippen LogP contribution in [0.4, 0.5) is 5.95 Å². The maximum Gasteiger partial charge on any atom is 0.232 e. The first-order valence-corrected chi connectivity index (χ1v) is 9.67. The zero-order chi connectivity index (χ0) is 17.9. The van der Waals surface area contributed by atoms with Crippen LogP contribution in [0, 0.1) is 0 Å². The number of aliphatic hydroxyl groups is 1. The van der Waals surface area contributed by atoms with Crippen molar-refractivity contribution in [2.75, 3.05) is 30.9 Å². The molecule has 25 heavy (non-hydrogen) atoms. The number of hydrogen-bond donors (Lipinski definition) is 1. The molecule has 1 aliphatic heterocycles. The molecule has 0 unspecified atom stereocenters. The number of piperidine rings is 1. The molecular formula is C18H26N4O2S. The second-order valence-electron chi connectivity index (χ2n) is 6.94. The van der Waals surface area contributed by atoms with Crippen LogP contribution < -0.4 is 9.64 Å². The van der Waals surface area contributed by atoms with Gasteiger partial charge in [-0.15, -0.1) is 10.2 Å². The van der Waals surface area contributed by atoms with Gasteiger partial charge in [-0.2, -0.15) is 0 Å². The molecule has 1 N–H and O–H groups in total. The van der Waals surface area contributed by atoms with Crippen LogP contribution in [-0.2, 0) is 0 Å². The SMILES string of the molecule is COc1ccccc1-n1c(SCC(C)(C)O)nnc1N1CCCCC1. The van der Waals surface area contributed by atoms with Crippen molar-refractivity contribution in [3.63, 3.8) is 0 Å². The summed E-state index contributed by atoms with van der Waals surface area (Å²) < 4.78 is 7.61. The van der Waals surface area contributed by atoms with Gasteiger partial charge in [0.2, 0.25) is 5.95 Å². The monoisotopic (exact) mass is 362 g/mol. The van der Waals surface area contributed by atoms with Gasteiger partial charge in [-0.3, -0.25) is 4.57 Å². The number of aromatic nitrogens is 3. The molecule has 2 heterocycles. The van der Waals surface area contributed by atoms with Crippen LogP contribution in [0.25, 0.3) is 5.69 Å². The number of benzene rings is 1. The molecule has 1 fully saturated rings. The highest BCUT2D eigenvalue weighted by Crippen LogP contribution is 2.33. The number of thioether (sulfide) groups is 1. The first-order chi connectivity index (χ1) is 12.0. The molecule has 2 aromatic rings. The van der Waals surface area contributed by atoms with Gasteiger partial charge in [0.15, 0.2) is 5.16 Å². The predicted octanol–water partition coefficient (Wildman–Crippen LogP) is 3.13. The topological polar surface area (TPSA) is 63.4 Å². The Morgan fingerprint density at radius 2 is 1.88 bits per heavy atom. The highest BCUT2D eigenvalue weighted by Gasteiger charge is 2.24. The minimum atomic E-state index is -0.770. The smallest absolute Gasteiger partial charge is 0.232 e. The van der Waals surface area contributed by atoms with Gasteiger partial charge in [0.1, 0.15) is 5.75 Å². The van der Waals surface area contributed by atoms with E-state index in [9.17, 15) is 5.11 Å². The minimum Gasteiger partial charge on any atom is -0.495 e. The molecule has 136 valence electrons. The van der Waals surface area contributed by atoms with Gasteiger partial charge in [-0.05, 0) is 45.2 Å². The maximum atomic E-state index is 10.1. The van der Waals surface area contributed by atoms with Gasteiger partial charge in [0.25, 0.3) is 0 Å². The summed E-state index contributed by atoms with van der Waals surface area (Å²) in [5.41, 5.74) is 0.155. The van der Waals surface area contributed by atoms with Crippen LogP contribution in [-0.4, -0.2) is 51.4 Å². The van der Waals surface area contributed by atoms with Crippen LogP contribution in [0.2, 0.25) is 0 Å². The average molecular weight is 362 g/mol. The molecule has 0 saturated carbocycles. The fourth-order valence-corrected chi connectivity index (χ4v) is 3.81. The standard InChI is InChI=1S/C18H26N4O2S/c1-18(2,23)13-25-17-20-19-16(21-11-7-4-8-12-21)22(17)14-9-5-6-10-15(14)24-3/h5-6,9-10,23H,4,7-8,11-13H2,1-3H3. The number of ether oxygens (including phenoxy) is 1. The predicted molar refractivity (Wildman–Crippen MR) is 101 cm³/mol. The van der Waals surface area contributed by atoms with Crippen molar-refractivity contribution in [2.45, 2.75) is 43.9 Å². The van der Waals surface area contributed by atoms with Crippen molar-refractivity contribution in [3.8, 4) is 11.4 Å². The molecular weight excluding hydrogens is 336 g/mol. The third-order valence-corrected chi connectivity index (χ3v) is 5.51. The molecule has 1 aromatic heterocycles. The molecule has 0 spiro atoms. The van der Waals surface area contributed by atoms with Crippen LogP contribution >= 0.6 is 11.8 Å². The van der Waals surface area contributed by atoms with Crippen LogP contribution in [0.3, 0.4) is 0 Å². The average Bonchev–Trinajstić information content (AvgIpc) is 3.04. The largest absolute Gasteiger partial charge is 0.495 e. The first kappa shape index (κ1) is 18.1. The highest BCUT2D eigenvalue weighted by molar-refractivity contribution is 7.99. The second kappa shape index (κ2) is 7.66. The van der Waals surface area contributed by atoms with Crippen molar-refractivity contribution in [3.05, 3.63) is 24.3 Å². The number of rotatable bonds is 6. The van der Waals surface area contributed by atoms with Crippen LogP contribution in [0.5, 0.6) is 5.75 Å². The zero-order valence-corrected chi connectivity index (χ0v) is 15.9. The minimum absolute atomic E-state index is 0.542. The molecule has 0 amide bonds. The molecule has 1 aromatic carbocycles. The van der Waals surface area contributed by atoms with Crippen molar-refractivity contribution in [1.29, 1.82) is 0 Å². The molecule has 0 bridgehead atoms. The molecule has 6 nitrogen and oxygen atoms in total. The van der Waals surface area contributed by atoms with Crippen LogP contribution in [0.1, 0.15) is 33.1 Å². The lowest BCUT2D eigenvalue weighted by Gasteiger charge is -2.28. The summed E-state index contributed by atoms with van der Waals surface area (Å²) in [4.78, 5) is 2.29. The number of anilines is 1. The lowest BCUT2D eigenvalue weighted by Crippen LogP contribution is -2.31. The second-order valence-corrected chi connectivity index (χ2v) is 7.88. The fourth-order valence-electron chi connectivity index (χ4n) is 2.92. The Balaban J connectivity index is 2.02. The maximum absolute atomic E-state index is 10.1. The summed E-state index contributed by atoms with van der Waals surface area (Å²) in [7, 11) is 1.67. The Labute approximate surface area is 153 Å². The van der Waals surface area contributed by atoms with E-state index in [1.54, 1.807) is 21.0 Å². The third-order valence-electron chi connectivity index (χ3n) is 4.14. The molecule has 7 heteroatoms. The lowest BCUT2D eigenvalue weighted by molar-refractivity contribution is 0.107. The molecule has 1 aliphatic rings. The van der Waals surface area contributed by atoms with E-state index >= 15 is 0 Å². The van der Waals surface area contributed by atoms with E-state index in [2.05, 4.69) is 19.7 Å². The van der Waals surface area contributed by atoms with E-state index in [1.165, 1.54) is 31.0 Å². The normalized spacial score (nSPS) is 15.4. The lowest BCUT2D eigenvalue weighted by atomic mass is 10.1. The summed E-state index contributed by atoms with van der Waals surface area (Å²) in [6, 6.07) is 7.91. The van der Waals surface area contributed by atoms with Gasteiger partial charge < -0.3 is 14.7 Å². The molecule has 1 saturated heterocycles. The highest BCUT2D eigenvalue weighted by atomic mass is 32.2. The van der Waals surface area contributed by atoms with E-state index in [1.807, 2.05) is 24.3 Å². The Kier molecular flexibility index (Phi) is 5.54. The van der Waals surface area contributed by atoms with E-state index in [0.29, 0.717) is 5.75 Å². The zero-order valence-electron chi connectivity index (χ0n) is 15.1. The summed E-state index contributed by atoms with van der Waals surface area (Å²) in [6.07, 6.45) is 3.61. The number of methoxy groups -OCH3 is 1. The van der Waals surface area contributed by atoms with Crippen molar-refractivity contribution in [2.24, 2.45) is 0 Å². The van der Waals surface area contributed by atoms with Gasteiger partial charge in [0, 0.05) is 18.8 Å². The number of nitrogens with zero attached hydrogens (tertiary/aromatic N) is 4. The van der Waals surface area contributed by atoms with Gasteiger partial charge >= 0.3 is 0 Å². The fraction of sp³-hybridized carbons (Fsp3) is 0.556. The van der Waals surface area contributed by atoms with Crippen molar-refractivity contribution < 1.29 is 9.84 Å². The Morgan fingerprint density at radius 1 is 1.16 bits per heavy atom. The van der Waals surface area contributed by atoms with E-state index in [4.69, 9.17) is 4.74 Å². The summed E-state index contributed by atoms with van der Waals surface area (Å²) in [5.74, 6) is 2.17. The summed E-state index contributed by atoms with van der Waals surface area (Å²) in [5, 5.41) is 19.7. The molecule has 0 radical (unpaired) electrons. The van der Waals surface area contributed by atoms with E-state index < -0.39 is 5.60 Å². The molecule has 0 atom stereocenters. The summed E-state index contributed by atoms with van der Waals surface area (Å²) in [6.45, 7) is 5.58. The van der Waals surface area contributed by atoms with E-state index in [0.717, 1.165) is 35.6 Å². The molecule has 0 aliphatic carbocycles. The van der Waals surface area contributed by atoms with E-state index in [-0.39, 0.29) is 0 Å². The number of hydrogen-bond acceptors (Lipinski definition) is 6.